The molecular formula is C21H21BrN4O2S. The molecule has 8 heteroatoms. The maximum Gasteiger partial charge on any atom is 0.234 e. The first-order chi connectivity index (χ1) is 13.9. The second kappa shape index (κ2) is 9.28. The second-order valence-electron chi connectivity index (χ2n) is 6.48. The summed E-state index contributed by atoms with van der Waals surface area (Å²) >= 11 is 4.77. The second-order valence-corrected chi connectivity index (χ2v) is 8.27. The molecule has 1 amide bonds. The van der Waals surface area contributed by atoms with Crippen molar-refractivity contribution in [1.29, 1.82) is 0 Å². The minimum atomic E-state index is -0.142. The molecule has 0 atom stereocenters. The fourth-order valence-electron chi connectivity index (χ4n) is 2.74. The molecule has 0 aliphatic carbocycles. The van der Waals surface area contributed by atoms with E-state index < -0.39 is 0 Å². The number of benzene rings is 2. The third-order valence-corrected chi connectivity index (χ3v) is 5.99. The van der Waals surface area contributed by atoms with Crippen LogP contribution in [0.4, 0.5) is 5.69 Å². The zero-order valence-corrected chi connectivity index (χ0v) is 18.5. The maximum absolute atomic E-state index is 12.5. The van der Waals surface area contributed by atoms with E-state index in [2.05, 4.69) is 38.0 Å². The number of nitrogens with zero attached hydrogens (tertiary/aromatic N) is 3. The summed E-state index contributed by atoms with van der Waals surface area (Å²) in [7, 11) is 0. The van der Waals surface area contributed by atoms with Crippen LogP contribution in [0, 0.1) is 13.8 Å². The predicted octanol–water partition coefficient (Wildman–Crippen LogP) is 4.95. The normalized spacial score (nSPS) is 10.7. The van der Waals surface area contributed by atoms with Gasteiger partial charge in [-0.3, -0.25) is 9.36 Å². The molecule has 6 nitrogen and oxygen atoms in total. The van der Waals surface area contributed by atoms with Gasteiger partial charge in [0, 0.05) is 11.0 Å². The van der Waals surface area contributed by atoms with E-state index in [-0.39, 0.29) is 17.4 Å². The molecule has 0 aliphatic heterocycles. The van der Waals surface area contributed by atoms with Crippen LogP contribution in [0.15, 0.2) is 58.7 Å². The van der Waals surface area contributed by atoms with Gasteiger partial charge < -0.3 is 10.4 Å². The molecule has 29 heavy (non-hydrogen) atoms. The molecular weight excluding hydrogens is 452 g/mol. The first-order valence-electron chi connectivity index (χ1n) is 8.92. The number of aryl methyl sites for hydroxylation is 2. The summed E-state index contributed by atoms with van der Waals surface area (Å²) < 4.78 is 2.67. The molecule has 0 bridgehead atoms. The number of rotatable bonds is 7. The number of hydrogen-bond acceptors (Lipinski definition) is 5. The fraction of sp³-hybridized carbons (Fsp3) is 0.190. The number of aromatic nitrogens is 3. The van der Waals surface area contributed by atoms with Crippen molar-refractivity contribution in [2.45, 2.75) is 25.5 Å². The van der Waals surface area contributed by atoms with Crippen LogP contribution in [-0.4, -0.2) is 31.5 Å². The third kappa shape index (κ3) is 4.89. The van der Waals surface area contributed by atoms with E-state index in [0.717, 1.165) is 21.3 Å². The number of amides is 1. The molecule has 0 unspecified atom stereocenters. The summed E-state index contributed by atoms with van der Waals surface area (Å²) in [4.78, 5) is 12.5. The standard InChI is InChI=1S/C21H21BrN4O2S/c1-4-9-26-20(15-7-5-6-8-18(15)27)24-25-21(26)29-12-19(28)23-17-11-14(3)13(2)10-16(17)22/h4-8,10-11,27H,1,9,12H2,2-3H3,(H,23,28). The lowest BCUT2D eigenvalue weighted by Crippen LogP contribution is -2.15. The Kier molecular flexibility index (Phi) is 6.76. The lowest BCUT2D eigenvalue weighted by Gasteiger charge is -2.11. The molecule has 0 radical (unpaired) electrons. The summed E-state index contributed by atoms with van der Waals surface area (Å²) in [5.74, 6) is 0.688. The van der Waals surface area contributed by atoms with Crippen molar-refractivity contribution in [3.8, 4) is 17.1 Å². The number of anilines is 1. The Balaban J connectivity index is 1.75. The van der Waals surface area contributed by atoms with Gasteiger partial charge in [-0.1, -0.05) is 30.0 Å². The molecule has 3 rings (SSSR count). The average Bonchev–Trinajstić information content (AvgIpc) is 3.07. The lowest BCUT2D eigenvalue weighted by molar-refractivity contribution is -0.113. The average molecular weight is 473 g/mol. The van der Waals surface area contributed by atoms with Gasteiger partial charge in [-0.15, -0.1) is 16.8 Å². The van der Waals surface area contributed by atoms with E-state index in [4.69, 9.17) is 0 Å². The van der Waals surface area contributed by atoms with Crippen LogP contribution >= 0.6 is 27.7 Å². The molecule has 2 N–H and O–H groups in total. The van der Waals surface area contributed by atoms with E-state index >= 15 is 0 Å². The van der Waals surface area contributed by atoms with Crippen LogP contribution in [0.25, 0.3) is 11.4 Å². The van der Waals surface area contributed by atoms with Crippen molar-refractivity contribution in [3.63, 3.8) is 0 Å². The summed E-state index contributed by atoms with van der Waals surface area (Å²) in [6, 6.07) is 10.9. The summed E-state index contributed by atoms with van der Waals surface area (Å²) in [6.07, 6.45) is 1.73. The third-order valence-electron chi connectivity index (χ3n) is 4.36. The number of phenols is 1. The Labute approximate surface area is 182 Å². The van der Waals surface area contributed by atoms with Gasteiger partial charge in [0.05, 0.1) is 17.0 Å². The Morgan fingerprint density at radius 1 is 1.28 bits per heavy atom. The Hall–Kier alpha value is -2.58. The highest BCUT2D eigenvalue weighted by molar-refractivity contribution is 9.10. The van der Waals surface area contributed by atoms with Crippen LogP contribution in [0.1, 0.15) is 11.1 Å². The van der Waals surface area contributed by atoms with Crippen molar-refractivity contribution in [2.24, 2.45) is 0 Å². The topological polar surface area (TPSA) is 80.0 Å². The highest BCUT2D eigenvalue weighted by atomic mass is 79.9. The van der Waals surface area contributed by atoms with Gasteiger partial charge in [-0.05, 0) is 65.2 Å². The summed E-state index contributed by atoms with van der Waals surface area (Å²) in [5.41, 5.74) is 3.58. The minimum Gasteiger partial charge on any atom is -0.507 e. The van der Waals surface area contributed by atoms with Crippen molar-refractivity contribution in [1.82, 2.24) is 14.8 Å². The van der Waals surface area contributed by atoms with Crippen molar-refractivity contribution in [3.05, 3.63) is 64.7 Å². The van der Waals surface area contributed by atoms with Gasteiger partial charge in [0.1, 0.15) is 5.75 Å². The molecule has 1 heterocycles. The number of nitrogens with one attached hydrogen (secondary N) is 1. The van der Waals surface area contributed by atoms with Gasteiger partial charge >= 0.3 is 0 Å². The highest BCUT2D eigenvalue weighted by Gasteiger charge is 2.17. The number of hydrogen-bond donors (Lipinski definition) is 2. The van der Waals surface area contributed by atoms with Crippen molar-refractivity contribution < 1.29 is 9.90 Å². The van der Waals surface area contributed by atoms with E-state index in [1.165, 1.54) is 11.8 Å². The minimum absolute atomic E-state index is 0.124. The summed E-state index contributed by atoms with van der Waals surface area (Å²) in [6.45, 7) is 8.27. The number of thioether (sulfide) groups is 1. The first-order valence-corrected chi connectivity index (χ1v) is 10.7. The zero-order chi connectivity index (χ0) is 21.0. The number of phenolic OH excluding ortho intramolecular Hbond substituents is 1. The molecule has 0 spiro atoms. The Bertz CT molecular complexity index is 1060. The zero-order valence-electron chi connectivity index (χ0n) is 16.1. The van der Waals surface area contributed by atoms with Crippen LogP contribution in [-0.2, 0) is 11.3 Å². The molecule has 2 aromatic carbocycles. The molecule has 0 saturated carbocycles. The molecule has 0 fully saturated rings. The largest absolute Gasteiger partial charge is 0.507 e. The maximum atomic E-state index is 12.5. The van der Waals surface area contributed by atoms with Crippen LogP contribution in [0.5, 0.6) is 5.75 Å². The predicted molar refractivity (Wildman–Crippen MR) is 120 cm³/mol. The van der Waals surface area contributed by atoms with Gasteiger partial charge in [0.2, 0.25) is 5.91 Å². The molecule has 3 aromatic rings. The number of halogens is 1. The Morgan fingerprint density at radius 3 is 2.72 bits per heavy atom. The number of carbonyl (C=O) groups excluding carboxylic acids is 1. The number of aromatic hydroxyl groups is 1. The van der Waals surface area contributed by atoms with E-state index in [0.29, 0.717) is 23.1 Å². The number of para-hydroxylation sites is 1. The number of allylic oxidation sites excluding steroid dienone is 1. The smallest absolute Gasteiger partial charge is 0.234 e. The van der Waals surface area contributed by atoms with Gasteiger partial charge in [0.25, 0.3) is 0 Å². The van der Waals surface area contributed by atoms with Crippen molar-refractivity contribution >= 4 is 39.3 Å². The summed E-state index contributed by atoms with van der Waals surface area (Å²) in [5, 5.41) is 22.0. The van der Waals surface area contributed by atoms with Crippen molar-refractivity contribution in [2.75, 3.05) is 11.1 Å². The van der Waals surface area contributed by atoms with Gasteiger partial charge in [0.15, 0.2) is 11.0 Å². The van der Waals surface area contributed by atoms with Crippen LogP contribution < -0.4 is 5.32 Å². The first kappa shape index (κ1) is 21.1. The highest BCUT2D eigenvalue weighted by Crippen LogP contribution is 2.30. The number of carbonyl (C=O) groups is 1. The van der Waals surface area contributed by atoms with Gasteiger partial charge in [-0.25, -0.2) is 0 Å². The van der Waals surface area contributed by atoms with E-state index in [9.17, 15) is 9.90 Å². The molecule has 150 valence electrons. The van der Waals surface area contributed by atoms with E-state index in [1.54, 1.807) is 24.3 Å². The lowest BCUT2D eigenvalue weighted by atomic mass is 10.1. The monoisotopic (exact) mass is 472 g/mol. The SMILES string of the molecule is C=CCn1c(SCC(=O)Nc2cc(C)c(C)cc2Br)nnc1-c1ccccc1O. The van der Waals surface area contributed by atoms with Crippen LogP contribution in [0.3, 0.4) is 0 Å². The Morgan fingerprint density at radius 2 is 2.00 bits per heavy atom. The fourth-order valence-corrected chi connectivity index (χ4v) is 4.05. The van der Waals surface area contributed by atoms with E-state index in [1.807, 2.05) is 36.6 Å². The molecule has 0 saturated heterocycles. The quantitative estimate of drug-likeness (QED) is 0.375. The molecule has 0 aliphatic rings. The van der Waals surface area contributed by atoms with Crippen LogP contribution in [0.2, 0.25) is 0 Å². The van der Waals surface area contributed by atoms with Gasteiger partial charge in [-0.2, -0.15) is 0 Å². The molecule has 1 aromatic heterocycles.